The molecule has 4 N–H and O–H groups in total. The van der Waals surface area contributed by atoms with E-state index in [1.807, 2.05) is 12.1 Å². The van der Waals surface area contributed by atoms with Crippen molar-refractivity contribution in [2.24, 2.45) is 0 Å². The topological polar surface area (TPSA) is 72.7 Å². The Morgan fingerprint density at radius 1 is 1.19 bits per heavy atom. The first kappa shape index (κ1) is 18.0. The van der Waals surface area contributed by atoms with Crippen LogP contribution in [0.4, 0.5) is 0 Å². The highest BCUT2D eigenvalue weighted by molar-refractivity contribution is 5.40. The second-order valence-electron chi connectivity index (χ2n) is 6.58. The normalized spacial score (nSPS) is 13.4. The molecule has 0 heterocycles. The summed E-state index contributed by atoms with van der Waals surface area (Å²) in [6.07, 6.45) is 1.61. The summed E-state index contributed by atoms with van der Waals surface area (Å²) in [5.41, 5.74) is 1.84. The molecule has 0 aliphatic heterocycles. The molecule has 0 aliphatic carbocycles. The third kappa shape index (κ3) is 6.46. The number of aliphatic hydroxyl groups excluding tert-OH is 2. The van der Waals surface area contributed by atoms with Crippen LogP contribution in [-0.4, -0.2) is 41.1 Å². The Hall–Kier alpha value is -1.10. The number of phenols is 1. The van der Waals surface area contributed by atoms with Gasteiger partial charge in [0.25, 0.3) is 0 Å². The fourth-order valence-electron chi connectivity index (χ4n) is 2.28. The molecule has 0 spiro atoms. The Balaban J connectivity index is 2.51. The molecule has 0 amide bonds. The minimum absolute atomic E-state index is 0.114. The van der Waals surface area contributed by atoms with E-state index in [-0.39, 0.29) is 12.0 Å². The Kier molecular flexibility index (Phi) is 7.15. The van der Waals surface area contributed by atoms with Crippen molar-refractivity contribution in [1.82, 2.24) is 5.32 Å². The predicted octanol–water partition coefficient (Wildman–Crippen LogP) is 1.96. The molecule has 0 aliphatic rings. The summed E-state index contributed by atoms with van der Waals surface area (Å²) in [7, 11) is 0. The van der Waals surface area contributed by atoms with Crippen LogP contribution in [0.5, 0.6) is 5.75 Å². The maximum Gasteiger partial charge on any atom is 0.119 e. The summed E-state index contributed by atoms with van der Waals surface area (Å²) in [6.45, 7) is 7.90. The highest BCUT2D eigenvalue weighted by Gasteiger charge is 2.18. The summed E-state index contributed by atoms with van der Waals surface area (Å²) in [5, 5.41) is 31.9. The van der Waals surface area contributed by atoms with E-state index in [4.69, 9.17) is 5.11 Å². The molecule has 0 radical (unpaired) electrons. The second kappa shape index (κ2) is 8.37. The van der Waals surface area contributed by atoms with E-state index in [1.165, 1.54) is 0 Å². The average Bonchev–Trinajstić information content (AvgIpc) is 2.39. The monoisotopic (exact) mass is 295 g/mol. The van der Waals surface area contributed by atoms with Gasteiger partial charge in [-0.25, -0.2) is 0 Å². The lowest BCUT2D eigenvalue weighted by atomic mass is 9.85. The standard InChI is InChI=1S/C17H29NO3/c1-17(2,3)15-12-13(5-6-16(15)21)11-14(20)7-9-18-8-4-10-19/h5-6,12,14,18-21H,4,7-11H2,1-3H3. The molecule has 0 fully saturated rings. The lowest BCUT2D eigenvalue weighted by Gasteiger charge is -2.22. The van der Waals surface area contributed by atoms with Gasteiger partial charge in [-0.2, -0.15) is 0 Å². The lowest BCUT2D eigenvalue weighted by molar-refractivity contribution is 0.164. The van der Waals surface area contributed by atoms with Crippen LogP contribution in [-0.2, 0) is 11.8 Å². The van der Waals surface area contributed by atoms with Gasteiger partial charge in [0.1, 0.15) is 5.75 Å². The largest absolute Gasteiger partial charge is 0.508 e. The van der Waals surface area contributed by atoms with Crippen LogP contribution in [0.25, 0.3) is 0 Å². The van der Waals surface area contributed by atoms with Crippen molar-refractivity contribution in [1.29, 1.82) is 0 Å². The van der Waals surface area contributed by atoms with Gasteiger partial charge in [-0.05, 0) is 55.0 Å². The van der Waals surface area contributed by atoms with E-state index in [0.717, 1.165) is 30.6 Å². The molecule has 0 saturated carbocycles. The van der Waals surface area contributed by atoms with Crippen LogP contribution in [0, 0.1) is 0 Å². The minimum Gasteiger partial charge on any atom is -0.508 e. The zero-order valence-electron chi connectivity index (χ0n) is 13.4. The molecule has 4 heteroatoms. The highest BCUT2D eigenvalue weighted by Crippen LogP contribution is 2.31. The maximum atomic E-state index is 10.1. The summed E-state index contributed by atoms with van der Waals surface area (Å²) in [5.74, 6) is 0.311. The maximum absolute atomic E-state index is 10.1. The molecule has 0 saturated heterocycles. The summed E-state index contributed by atoms with van der Waals surface area (Å²) in [6, 6.07) is 5.56. The van der Waals surface area contributed by atoms with Crippen LogP contribution >= 0.6 is 0 Å². The van der Waals surface area contributed by atoms with Crippen LogP contribution in [0.1, 0.15) is 44.7 Å². The fourth-order valence-corrected chi connectivity index (χ4v) is 2.28. The number of aliphatic hydroxyl groups is 2. The number of nitrogens with one attached hydrogen (secondary N) is 1. The highest BCUT2D eigenvalue weighted by atomic mass is 16.3. The Morgan fingerprint density at radius 2 is 1.90 bits per heavy atom. The first-order valence-electron chi connectivity index (χ1n) is 7.66. The third-order valence-corrected chi connectivity index (χ3v) is 3.51. The fraction of sp³-hybridized carbons (Fsp3) is 0.647. The molecular formula is C17H29NO3. The number of phenolic OH excluding ortho intramolecular Hbond substituents is 1. The van der Waals surface area contributed by atoms with E-state index < -0.39 is 6.10 Å². The van der Waals surface area contributed by atoms with Crippen molar-refractivity contribution in [2.75, 3.05) is 19.7 Å². The number of rotatable bonds is 8. The zero-order valence-corrected chi connectivity index (χ0v) is 13.4. The van der Waals surface area contributed by atoms with Crippen molar-refractivity contribution in [2.45, 2.75) is 51.6 Å². The van der Waals surface area contributed by atoms with Crippen LogP contribution in [0.2, 0.25) is 0 Å². The molecule has 1 unspecified atom stereocenters. The summed E-state index contributed by atoms with van der Waals surface area (Å²) in [4.78, 5) is 0. The van der Waals surface area contributed by atoms with Crippen LogP contribution < -0.4 is 5.32 Å². The van der Waals surface area contributed by atoms with E-state index in [2.05, 4.69) is 26.1 Å². The van der Waals surface area contributed by atoms with Gasteiger partial charge >= 0.3 is 0 Å². The molecule has 1 aromatic rings. The van der Waals surface area contributed by atoms with Crippen molar-refractivity contribution in [3.8, 4) is 5.75 Å². The summed E-state index contributed by atoms with van der Waals surface area (Å²) < 4.78 is 0. The smallest absolute Gasteiger partial charge is 0.119 e. The number of hydrogen-bond acceptors (Lipinski definition) is 4. The molecule has 1 aromatic carbocycles. The van der Waals surface area contributed by atoms with E-state index in [1.54, 1.807) is 6.07 Å². The van der Waals surface area contributed by atoms with Gasteiger partial charge in [-0.1, -0.05) is 32.9 Å². The molecule has 1 atom stereocenters. The van der Waals surface area contributed by atoms with Crippen molar-refractivity contribution in [3.63, 3.8) is 0 Å². The van der Waals surface area contributed by atoms with E-state index in [0.29, 0.717) is 18.6 Å². The quantitative estimate of drug-likeness (QED) is 0.553. The molecule has 120 valence electrons. The number of aromatic hydroxyl groups is 1. The van der Waals surface area contributed by atoms with Gasteiger partial charge in [0.2, 0.25) is 0 Å². The first-order chi connectivity index (χ1) is 9.84. The van der Waals surface area contributed by atoms with E-state index in [9.17, 15) is 10.2 Å². The van der Waals surface area contributed by atoms with Crippen molar-refractivity contribution in [3.05, 3.63) is 29.3 Å². The lowest BCUT2D eigenvalue weighted by Crippen LogP contribution is -2.23. The molecule has 21 heavy (non-hydrogen) atoms. The van der Waals surface area contributed by atoms with Crippen LogP contribution in [0.3, 0.4) is 0 Å². The Labute approximate surface area is 127 Å². The van der Waals surface area contributed by atoms with Gasteiger partial charge in [-0.15, -0.1) is 0 Å². The van der Waals surface area contributed by atoms with Crippen LogP contribution in [0.15, 0.2) is 18.2 Å². The average molecular weight is 295 g/mol. The van der Waals surface area contributed by atoms with Gasteiger partial charge in [-0.3, -0.25) is 0 Å². The molecular weight excluding hydrogens is 266 g/mol. The van der Waals surface area contributed by atoms with Gasteiger partial charge < -0.3 is 20.6 Å². The number of hydrogen-bond donors (Lipinski definition) is 4. The summed E-state index contributed by atoms with van der Waals surface area (Å²) >= 11 is 0. The van der Waals surface area contributed by atoms with Gasteiger partial charge in [0, 0.05) is 6.61 Å². The third-order valence-electron chi connectivity index (χ3n) is 3.51. The zero-order chi connectivity index (χ0) is 15.9. The second-order valence-corrected chi connectivity index (χ2v) is 6.58. The predicted molar refractivity (Wildman–Crippen MR) is 85.7 cm³/mol. The minimum atomic E-state index is -0.399. The SMILES string of the molecule is CC(C)(C)c1cc(CC(O)CCNCCCO)ccc1O. The number of benzene rings is 1. The molecule has 4 nitrogen and oxygen atoms in total. The molecule has 0 bridgehead atoms. The Morgan fingerprint density at radius 3 is 2.52 bits per heavy atom. The van der Waals surface area contributed by atoms with Crippen molar-refractivity contribution < 1.29 is 15.3 Å². The van der Waals surface area contributed by atoms with Crippen molar-refractivity contribution >= 4 is 0 Å². The first-order valence-corrected chi connectivity index (χ1v) is 7.66. The molecule has 1 rings (SSSR count). The Bertz CT molecular complexity index is 427. The van der Waals surface area contributed by atoms with Gasteiger partial charge in [0.15, 0.2) is 0 Å². The van der Waals surface area contributed by atoms with Gasteiger partial charge in [0.05, 0.1) is 6.10 Å². The van der Waals surface area contributed by atoms with E-state index >= 15 is 0 Å². The molecule has 0 aromatic heterocycles.